The second-order valence-electron chi connectivity index (χ2n) is 7.00. The monoisotopic (exact) mass is 356 g/mol. The van der Waals surface area contributed by atoms with Gasteiger partial charge in [-0.1, -0.05) is 11.6 Å². The summed E-state index contributed by atoms with van der Waals surface area (Å²) in [5, 5.41) is 0.721. The van der Waals surface area contributed by atoms with E-state index in [4.69, 9.17) is 11.6 Å². The Morgan fingerprint density at radius 1 is 1.32 bits per heavy atom. The van der Waals surface area contributed by atoms with E-state index in [0.717, 1.165) is 46.3 Å². The number of nitrogens with zero attached hydrogens (tertiary/aromatic N) is 4. The zero-order valence-electron chi connectivity index (χ0n) is 14.5. The van der Waals surface area contributed by atoms with Gasteiger partial charge in [0.1, 0.15) is 0 Å². The Balaban J connectivity index is 1.35. The fourth-order valence-corrected chi connectivity index (χ4v) is 3.87. The van der Waals surface area contributed by atoms with Gasteiger partial charge in [-0.25, -0.2) is 0 Å². The molecule has 2 aromatic rings. The third-order valence-electron chi connectivity index (χ3n) is 5.22. The van der Waals surface area contributed by atoms with Gasteiger partial charge in [0, 0.05) is 38.2 Å². The van der Waals surface area contributed by atoms with Crippen molar-refractivity contribution in [2.75, 3.05) is 18.0 Å². The van der Waals surface area contributed by atoms with Crippen LogP contribution in [0.3, 0.4) is 0 Å². The molecule has 2 aliphatic rings. The van der Waals surface area contributed by atoms with Crippen LogP contribution in [0.15, 0.2) is 24.5 Å². The third-order valence-corrected chi connectivity index (χ3v) is 5.78. The van der Waals surface area contributed by atoms with Crippen molar-refractivity contribution >= 4 is 23.2 Å². The molecular formula is C19H21ClN4O. The number of aromatic nitrogens is 2. The maximum atomic E-state index is 12.7. The zero-order valence-corrected chi connectivity index (χ0v) is 15.3. The van der Waals surface area contributed by atoms with Crippen molar-refractivity contribution in [2.24, 2.45) is 5.92 Å². The summed E-state index contributed by atoms with van der Waals surface area (Å²) >= 11 is 6.30. The van der Waals surface area contributed by atoms with Crippen molar-refractivity contribution in [2.45, 2.75) is 33.4 Å². The Morgan fingerprint density at radius 3 is 2.84 bits per heavy atom. The van der Waals surface area contributed by atoms with Gasteiger partial charge in [-0.05, 0) is 37.1 Å². The molecule has 0 unspecified atom stereocenters. The molecule has 5 nitrogen and oxygen atoms in total. The van der Waals surface area contributed by atoms with Gasteiger partial charge in [0.25, 0.3) is 0 Å². The smallest absolute Gasteiger partial charge is 0.223 e. The molecule has 2 aliphatic heterocycles. The number of hydrogen-bond donors (Lipinski definition) is 0. The van der Waals surface area contributed by atoms with Gasteiger partial charge in [-0.2, -0.15) is 0 Å². The van der Waals surface area contributed by atoms with E-state index in [2.05, 4.69) is 20.9 Å². The highest BCUT2D eigenvalue weighted by Crippen LogP contribution is 2.32. The topological polar surface area (TPSA) is 49.3 Å². The summed E-state index contributed by atoms with van der Waals surface area (Å²) in [4.78, 5) is 25.6. The van der Waals surface area contributed by atoms with Crippen LogP contribution < -0.4 is 4.90 Å². The molecule has 1 amide bonds. The van der Waals surface area contributed by atoms with Crippen LogP contribution in [0.2, 0.25) is 5.02 Å². The van der Waals surface area contributed by atoms with Gasteiger partial charge in [-0.15, -0.1) is 0 Å². The minimum Gasteiger partial charge on any atom is -0.370 e. The van der Waals surface area contributed by atoms with E-state index in [-0.39, 0.29) is 5.91 Å². The van der Waals surface area contributed by atoms with Crippen molar-refractivity contribution in [3.8, 4) is 0 Å². The minimum absolute atomic E-state index is 0.210. The molecule has 1 fully saturated rings. The molecule has 2 aromatic heterocycles. The molecule has 130 valence electrons. The van der Waals surface area contributed by atoms with Gasteiger partial charge in [-0.3, -0.25) is 14.8 Å². The minimum atomic E-state index is 0.210. The molecule has 0 radical (unpaired) electrons. The van der Waals surface area contributed by atoms with Gasteiger partial charge in [0.15, 0.2) is 0 Å². The number of anilines is 1. The molecule has 0 atom stereocenters. The average molecular weight is 357 g/mol. The lowest BCUT2D eigenvalue weighted by Crippen LogP contribution is -2.48. The summed E-state index contributed by atoms with van der Waals surface area (Å²) in [5.74, 6) is 0.623. The zero-order chi connectivity index (χ0) is 17.6. The highest BCUT2D eigenvalue weighted by atomic mass is 35.5. The van der Waals surface area contributed by atoms with E-state index < -0.39 is 0 Å². The van der Waals surface area contributed by atoms with E-state index in [0.29, 0.717) is 25.4 Å². The van der Waals surface area contributed by atoms with E-state index in [1.54, 1.807) is 6.20 Å². The summed E-state index contributed by atoms with van der Waals surface area (Å²) in [6.45, 7) is 7.00. The first kappa shape index (κ1) is 16.3. The van der Waals surface area contributed by atoms with Crippen molar-refractivity contribution in [1.82, 2.24) is 14.9 Å². The van der Waals surface area contributed by atoms with E-state index in [1.165, 1.54) is 0 Å². The summed E-state index contributed by atoms with van der Waals surface area (Å²) in [7, 11) is 0. The first-order chi connectivity index (χ1) is 12.0. The van der Waals surface area contributed by atoms with Crippen molar-refractivity contribution < 1.29 is 4.79 Å². The Morgan fingerprint density at radius 2 is 2.12 bits per heavy atom. The van der Waals surface area contributed by atoms with Crippen LogP contribution in [-0.4, -0.2) is 33.9 Å². The van der Waals surface area contributed by atoms with Crippen molar-refractivity contribution in [1.29, 1.82) is 0 Å². The van der Waals surface area contributed by atoms with Crippen LogP contribution in [0.25, 0.3) is 0 Å². The lowest BCUT2D eigenvalue weighted by Gasteiger charge is -2.41. The first-order valence-electron chi connectivity index (χ1n) is 8.60. The second-order valence-corrected chi connectivity index (χ2v) is 7.38. The Hall–Kier alpha value is -2.14. The van der Waals surface area contributed by atoms with Crippen molar-refractivity contribution in [3.05, 3.63) is 52.1 Å². The number of aryl methyl sites for hydroxylation is 1. The maximum absolute atomic E-state index is 12.7. The standard InChI is InChI=1S/C19H21ClN4O/c1-12-16-10-24(11-17(16)22-13(2)19(12)20)18(25)6-14-8-23(9-14)15-4-3-5-21-7-15/h3-5,7,14H,6,8-11H2,1-2H3. The number of halogens is 1. The SMILES string of the molecule is Cc1nc2c(c(C)c1Cl)CN(C(=O)CC1CN(c3cccnc3)C1)C2. The number of amides is 1. The van der Waals surface area contributed by atoms with Crippen LogP contribution in [-0.2, 0) is 17.9 Å². The van der Waals surface area contributed by atoms with E-state index >= 15 is 0 Å². The summed E-state index contributed by atoms with van der Waals surface area (Å²) in [6, 6.07) is 4.00. The second kappa shape index (κ2) is 6.30. The Labute approximate surface area is 152 Å². The number of hydrogen-bond acceptors (Lipinski definition) is 4. The summed E-state index contributed by atoms with van der Waals surface area (Å²) in [6.07, 6.45) is 4.24. The van der Waals surface area contributed by atoms with Gasteiger partial charge in [0.2, 0.25) is 5.91 Å². The lowest BCUT2D eigenvalue weighted by molar-refractivity contribution is -0.133. The third kappa shape index (κ3) is 2.97. The predicted octanol–water partition coefficient (Wildman–Crippen LogP) is 3.12. The molecule has 0 bridgehead atoms. The average Bonchev–Trinajstić information content (AvgIpc) is 3.00. The predicted molar refractivity (Wildman–Crippen MR) is 97.5 cm³/mol. The molecule has 25 heavy (non-hydrogen) atoms. The first-order valence-corrected chi connectivity index (χ1v) is 8.98. The Bertz CT molecular complexity index is 818. The summed E-state index contributed by atoms with van der Waals surface area (Å²) < 4.78 is 0. The molecule has 1 saturated heterocycles. The molecule has 0 spiro atoms. The number of carbonyl (C=O) groups excluding carboxylic acids is 1. The van der Waals surface area contributed by atoms with Crippen LogP contribution in [0.1, 0.15) is 28.9 Å². The molecule has 4 rings (SSSR count). The van der Waals surface area contributed by atoms with Gasteiger partial charge >= 0.3 is 0 Å². The highest BCUT2D eigenvalue weighted by Gasteiger charge is 2.33. The Kier molecular flexibility index (Phi) is 4.12. The molecule has 0 aromatic carbocycles. The van der Waals surface area contributed by atoms with Gasteiger partial charge in [0.05, 0.1) is 34.8 Å². The van der Waals surface area contributed by atoms with Crippen LogP contribution in [0.4, 0.5) is 5.69 Å². The van der Waals surface area contributed by atoms with Crippen LogP contribution in [0.5, 0.6) is 0 Å². The van der Waals surface area contributed by atoms with Crippen LogP contribution in [0, 0.1) is 19.8 Å². The number of carbonyl (C=O) groups is 1. The van der Waals surface area contributed by atoms with Crippen molar-refractivity contribution in [3.63, 3.8) is 0 Å². The number of fused-ring (bicyclic) bond motifs is 1. The molecule has 4 heterocycles. The highest BCUT2D eigenvalue weighted by molar-refractivity contribution is 6.32. The molecule has 6 heteroatoms. The van der Waals surface area contributed by atoms with E-state index in [9.17, 15) is 4.79 Å². The molecule has 0 N–H and O–H groups in total. The molecule has 0 saturated carbocycles. The molecule has 0 aliphatic carbocycles. The normalized spacial score (nSPS) is 16.8. The van der Waals surface area contributed by atoms with Gasteiger partial charge < -0.3 is 9.80 Å². The number of pyridine rings is 2. The van der Waals surface area contributed by atoms with Crippen LogP contribution >= 0.6 is 11.6 Å². The lowest BCUT2D eigenvalue weighted by atomic mass is 9.95. The van der Waals surface area contributed by atoms with E-state index in [1.807, 2.05) is 31.0 Å². The summed E-state index contributed by atoms with van der Waals surface area (Å²) in [5.41, 5.74) is 5.15. The fourth-order valence-electron chi connectivity index (χ4n) is 3.71. The molecular weight excluding hydrogens is 336 g/mol. The number of rotatable bonds is 3. The maximum Gasteiger partial charge on any atom is 0.223 e. The fraction of sp³-hybridized carbons (Fsp3) is 0.421. The largest absolute Gasteiger partial charge is 0.370 e. The quantitative estimate of drug-likeness (QED) is 0.847.